The first-order chi connectivity index (χ1) is 11.1. The molecule has 0 atom stereocenters. The van der Waals surface area contributed by atoms with Crippen LogP contribution in [-0.2, 0) is 6.42 Å². The van der Waals surface area contributed by atoms with Crippen molar-refractivity contribution in [3.8, 4) is 23.1 Å². The number of aryl methyl sites for hydroxylation is 3. The van der Waals surface area contributed by atoms with Gasteiger partial charge in [-0.25, -0.2) is 0 Å². The SMILES string of the molecule is CCc1cc(-c2ccc(C#Cc3cc(C)nc(C)c3)cc2)no1. The van der Waals surface area contributed by atoms with Crippen molar-refractivity contribution in [2.45, 2.75) is 27.2 Å². The molecule has 0 aliphatic rings. The maximum absolute atomic E-state index is 5.24. The second-order valence-corrected chi connectivity index (χ2v) is 5.50. The average molecular weight is 302 g/mol. The van der Waals surface area contributed by atoms with E-state index >= 15 is 0 Å². The summed E-state index contributed by atoms with van der Waals surface area (Å²) >= 11 is 0. The van der Waals surface area contributed by atoms with Crippen molar-refractivity contribution >= 4 is 0 Å². The molecule has 2 aromatic heterocycles. The molecule has 3 aromatic rings. The van der Waals surface area contributed by atoms with Crippen molar-refractivity contribution in [1.82, 2.24) is 10.1 Å². The van der Waals surface area contributed by atoms with Crippen LogP contribution in [0.1, 0.15) is 35.2 Å². The molecule has 0 aliphatic heterocycles. The lowest BCUT2D eigenvalue weighted by Crippen LogP contribution is -1.87. The summed E-state index contributed by atoms with van der Waals surface area (Å²) in [5.74, 6) is 7.28. The maximum atomic E-state index is 5.24. The Morgan fingerprint density at radius 2 is 1.57 bits per heavy atom. The summed E-state index contributed by atoms with van der Waals surface area (Å²) in [5, 5.41) is 4.08. The van der Waals surface area contributed by atoms with Crippen molar-refractivity contribution < 1.29 is 4.52 Å². The molecule has 2 heterocycles. The Labute approximate surface area is 136 Å². The fraction of sp³-hybridized carbons (Fsp3) is 0.200. The smallest absolute Gasteiger partial charge is 0.137 e. The van der Waals surface area contributed by atoms with Gasteiger partial charge in [0.05, 0.1) is 0 Å². The average Bonchev–Trinajstić information content (AvgIpc) is 3.02. The molecule has 3 nitrogen and oxygen atoms in total. The van der Waals surface area contributed by atoms with E-state index in [1.165, 1.54) is 0 Å². The molecule has 0 N–H and O–H groups in total. The second kappa shape index (κ2) is 6.50. The number of hydrogen-bond acceptors (Lipinski definition) is 3. The molecular weight excluding hydrogens is 284 g/mol. The molecule has 0 amide bonds. The molecule has 0 saturated carbocycles. The Morgan fingerprint density at radius 3 is 2.17 bits per heavy atom. The zero-order valence-electron chi connectivity index (χ0n) is 13.6. The molecule has 0 aliphatic carbocycles. The number of benzene rings is 1. The van der Waals surface area contributed by atoms with Crippen LogP contribution in [0.15, 0.2) is 47.0 Å². The van der Waals surface area contributed by atoms with E-state index < -0.39 is 0 Å². The molecule has 3 heteroatoms. The Hall–Kier alpha value is -2.86. The largest absolute Gasteiger partial charge is 0.361 e. The summed E-state index contributed by atoms with van der Waals surface area (Å²) < 4.78 is 5.24. The van der Waals surface area contributed by atoms with Crippen molar-refractivity contribution in [3.05, 3.63) is 70.7 Å². The molecule has 0 saturated heterocycles. The van der Waals surface area contributed by atoms with Gasteiger partial charge in [-0.05, 0) is 38.1 Å². The minimum Gasteiger partial charge on any atom is -0.361 e. The number of pyridine rings is 1. The second-order valence-electron chi connectivity index (χ2n) is 5.50. The predicted molar refractivity (Wildman–Crippen MR) is 91.0 cm³/mol. The highest BCUT2D eigenvalue weighted by atomic mass is 16.5. The van der Waals surface area contributed by atoms with Gasteiger partial charge in [-0.2, -0.15) is 0 Å². The van der Waals surface area contributed by atoms with Gasteiger partial charge in [0, 0.05) is 40.6 Å². The van der Waals surface area contributed by atoms with E-state index in [9.17, 15) is 0 Å². The Morgan fingerprint density at radius 1 is 0.913 bits per heavy atom. The molecule has 0 bridgehead atoms. The van der Waals surface area contributed by atoms with Crippen LogP contribution in [0.3, 0.4) is 0 Å². The third-order valence-corrected chi connectivity index (χ3v) is 3.52. The van der Waals surface area contributed by atoms with Gasteiger partial charge in [-0.1, -0.05) is 36.1 Å². The first-order valence-corrected chi connectivity index (χ1v) is 7.67. The van der Waals surface area contributed by atoms with E-state index in [-0.39, 0.29) is 0 Å². The number of aromatic nitrogens is 2. The summed E-state index contributed by atoms with van der Waals surface area (Å²) in [6, 6.07) is 14.0. The maximum Gasteiger partial charge on any atom is 0.137 e. The van der Waals surface area contributed by atoms with Crippen LogP contribution in [0.2, 0.25) is 0 Å². The van der Waals surface area contributed by atoms with Gasteiger partial charge in [-0.15, -0.1) is 0 Å². The zero-order chi connectivity index (χ0) is 16.2. The number of nitrogens with zero attached hydrogens (tertiary/aromatic N) is 2. The first-order valence-electron chi connectivity index (χ1n) is 7.67. The van der Waals surface area contributed by atoms with Crippen LogP contribution < -0.4 is 0 Å². The van der Waals surface area contributed by atoms with E-state index in [0.29, 0.717) is 0 Å². The van der Waals surface area contributed by atoms with E-state index in [2.05, 4.69) is 22.0 Å². The number of hydrogen-bond donors (Lipinski definition) is 0. The zero-order valence-corrected chi connectivity index (χ0v) is 13.6. The highest BCUT2D eigenvalue weighted by molar-refractivity contribution is 5.60. The van der Waals surface area contributed by atoms with Crippen LogP contribution in [-0.4, -0.2) is 10.1 Å². The van der Waals surface area contributed by atoms with E-state index in [1.807, 2.05) is 63.2 Å². The van der Waals surface area contributed by atoms with E-state index in [1.54, 1.807) is 0 Å². The topological polar surface area (TPSA) is 38.9 Å². The van der Waals surface area contributed by atoms with E-state index in [0.717, 1.165) is 46.0 Å². The summed E-state index contributed by atoms with van der Waals surface area (Å²) in [4.78, 5) is 4.36. The van der Waals surface area contributed by atoms with Crippen molar-refractivity contribution in [2.75, 3.05) is 0 Å². The minimum absolute atomic E-state index is 0.849. The molecule has 23 heavy (non-hydrogen) atoms. The molecule has 0 unspecified atom stereocenters. The highest BCUT2D eigenvalue weighted by Crippen LogP contribution is 2.19. The minimum atomic E-state index is 0.849. The number of rotatable bonds is 2. The summed E-state index contributed by atoms with van der Waals surface area (Å²) in [7, 11) is 0. The van der Waals surface area contributed by atoms with Crippen molar-refractivity contribution in [3.63, 3.8) is 0 Å². The molecular formula is C20H18N2O. The molecule has 0 radical (unpaired) electrons. The Bertz CT molecular complexity index is 860. The summed E-state index contributed by atoms with van der Waals surface area (Å²) in [6.45, 7) is 6.01. The van der Waals surface area contributed by atoms with Gasteiger partial charge in [0.1, 0.15) is 11.5 Å². The third-order valence-electron chi connectivity index (χ3n) is 3.52. The lowest BCUT2D eigenvalue weighted by molar-refractivity contribution is 0.389. The van der Waals surface area contributed by atoms with E-state index in [4.69, 9.17) is 4.52 Å². The van der Waals surface area contributed by atoms with Gasteiger partial charge >= 0.3 is 0 Å². The molecule has 1 aromatic carbocycles. The molecule has 114 valence electrons. The molecule has 0 fully saturated rings. The Kier molecular flexibility index (Phi) is 4.25. The van der Waals surface area contributed by atoms with Crippen LogP contribution in [0.4, 0.5) is 0 Å². The normalized spacial score (nSPS) is 10.2. The fourth-order valence-electron chi connectivity index (χ4n) is 2.39. The van der Waals surface area contributed by atoms with Gasteiger partial charge in [-0.3, -0.25) is 4.98 Å². The van der Waals surface area contributed by atoms with Gasteiger partial charge in [0.15, 0.2) is 0 Å². The van der Waals surface area contributed by atoms with Crippen LogP contribution >= 0.6 is 0 Å². The summed E-state index contributed by atoms with van der Waals surface area (Å²) in [5.41, 5.74) is 5.84. The quantitative estimate of drug-likeness (QED) is 0.662. The lowest BCUT2D eigenvalue weighted by atomic mass is 10.1. The van der Waals surface area contributed by atoms with Crippen LogP contribution in [0.5, 0.6) is 0 Å². The van der Waals surface area contributed by atoms with Gasteiger partial charge in [0.25, 0.3) is 0 Å². The fourth-order valence-corrected chi connectivity index (χ4v) is 2.39. The van der Waals surface area contributed by atoms with Crippen molar-refractivity contribution in [1.29, 1.82) is 0 Å². The molecule has 3 rings (SSSR count). The monoisotopic (exact) mass is 302 g/mol. The van der Waals surface area contributed by atoms with Crippen LogP contribution in [0, 0.1) is 25.7 Å². The predicted octanol–water partition coefficient (Wildman–Crippen LogP) is 4.32. The Balaban J connectivity index is 1.81. The lowest BCUT2D eigenvalue weighted by Gasteiger charge is -1.97. The highest BCUT2D eigenvalue weighted by Gasteiger charge is 2.04. The third kappa shape index (κ3) is 3.67. The van der Waals surface area contributed by atoms with Gasteiger partial charge < -0.3 is 4.52 Å². The standard InChI is InChI=1S/C20H18N2O/c1-4-19-13-20(22-23-19)18-9-7-16(8-10-18)5-6-17-11-14(2)21-15(3)12-17/h7-13H,4H2,1-3H3. The van der Waals surface area contributed by atoms with Crippen molar-refractivity contribution in [2.24, 2.45) is 0 Å². The van der Waals surface area contributed by atoms with Gasteiger partial charge in [0.2, 0.25) is 0 Å². The summed E-state index contributed by atoms with van der Waals surface area (Å²) in [6.07, 6.45) is 0.849. The first kappa shape index (κ1) is 15.1. The van der Waals surface area contributed by atoms with Crippen LogP contribution in [0.25, 0.3) is 11.3 Å². The molecule has 0 spiro atoms.